The Bertz CT molecular complexity index is 915. The first-order valence-corrected chi connectivity index (χ1v) is 7.31. The van der Waals surface area contributed by atoms with Crippen molar-refractivity contribution < 1.29 is 18.3 Å². The second-order valence-electron chi connectivity index (χ2n) is 4.84. The molecule has 0 saturated heterocycles. The van der Waals surface area contributed by atoms with E-state index in [0.717, 1.165) is 6.07 Å². The second-order valence-corrected chi connectivity index (χ2v) is 5.25. The number of para-hydroxylation sites is 1. The molecule has 0 aliphatic heterocycles. The molecule has 0 amide bonds. The molecule has 0 fully saturated rings. The monoisotopic (exact) mass is 345 g/mol. The number of carbonyl (C=O) groups excluding carboxylic acids is 1. The summed E-state index contributed by atoms with van der Waals surface area (Å²) in [6.07, 6.45) is 0.560. The molecule has 0 saturated carbocycles. The van der Waals surface area contributed by atoms with Crippen molar-refractivity contribution in [3.05, 3.63) is 76.8 Å². The predicted octanol–water partition coefficient (Wildman–Crippen LogP) is 5.29. The van der Waals surface area contributed by atoms with Crippen LogP contribution in [0.3, 0.4) is 0 Å². The Morgan fingerprint density at radius 1 is 1.00 bits per heavy atom. The van der Waals surface area contributed by atoms with Gasteiger partial charge in [-0.25, -0.2) is 13.8 Å². The van der Waals surface area contributed by atoms with Gasteiger partial charge in [0.15, 0.2) is 17.9 Å². The fourth-order valence-electron chi connectivity index (χ4n) is 2.11. The molecular weight excluding hydrogens is 336 g/mol. The number of hydrogen-bond donors (Lipinski definition) is 0. The summed E-state index contributed by atoms with van der Waals surface area (Å²) in [4.78, 5) is 15.3. The van der Waals surface area contributed by atoms with Crippen LogP contribution in [0.2, 0.25) is 5.02 Å². The molecule has 0 bridgehead atoms. The summed E-state index contributed by atoms with van der Waals surface area (Å²) in [7, 11) is 0. The van der Waals surface area contributed by atoms with Crippen molar-refractivity contribution >= 4 is 17.9 Å². The Balaban J connectivity index is 2.07. The van der Waals surface area contributed by atoms with Crippen LogP contribution in [0.5, 0.6) is 11.6 Å². The van der Waals surface area contributed by atoms with Crippen LogP contribution in [0, 0.1) is 11.6 Å². The van der Waals surface area contributed by atoms with Gasteiger partial charge in [0, 0.05) is 5.56 Å². The smallest absolute Gasteiger partial charge is 0.230 e. The SMILES string of the molecule is O=Cc1ccc(-c2cccc(F)c2F)nc1Oc1ccccc1Cl. The van der Waals surface area contributed by atoms with Crippen molar-refractivity contribution in [2.45, 2.75) is 0 Å². The van der Waals surface area contributed by atoms with Crippen molar-refractivity contribution in [2.75, 3.05) is 0 Å². The van der Waals surface area contributed by atoms with Gasteiger partial charge < -0.3 is 4.74 Å². The Labute approximate surface area is 141 Å². The molecule has 6 heteroatoms. The quantitative estimate of drug-likeness (QED) is 0.603. The Morgan fingerprint density at radius 3 is 2.54 bits per heavy atom. The lowest BCUT2D eigenvalue weighted by Crippen LogP contribution is -1.98. The third kappa shape index (κ3) is 3.12. The molecule has 3 aromatic rings. The molecule has 0 aliphatic carbocycles. The van der Waals surface area contributed by atoms with Crippen LogP contribution < -0.4 is 4.74 Å². The highest BCUT2D eigenvalue weighted by Gasteiger charge is 2.15. The van der Waals surface area contributed by atoms with E-state index < -0.39 is 11.6 Å². The lowest BCUT2D eigenvalue weighted by molar-refractivity contribution is 0.112. The molecule has 0 aliphatic rings. The highest BCUT2D eigenvalue weighted by Crippen LogP contribution is 2.31. The maximum absolute atomic E-state index is 13.9. The maximum Gasteiger partial charge on any atom is 0.230 e. The van der Waals surface area contributed by atoms with Crippen LogP contribution in [0.25, 0.3) is 11.3 Å². The maximum atomic E-state index is 13.9. The molecule has 0 radical (unpaired) electrons. The van der Waals surface area contributed by atoms with Gasteiger partial charge in [0.25, 0.3) is 0 Å². The van der Waals surface area contributed by atoms with Gasteiger partial charge in [-0.05, 0) is 36.4 Å². The van der Waals surface area contributed by atoms with Gasteiger partial charge in [0.05, 0.1) is 16.3 Å². The summed E-state index contributed by atoms with van der Waals surface area (Å²) >= 11 is 6.02. The zero-order valence-electron chi connectivity index (χ0n) is 12.2. The summed E-state index contributed by atoms with van der Waals surface area (Å²) in [5.41, 5.74) is 0.270. The molecule has 0 spiro atoms. The number of hydrogen-bond acceptors (Lipinski definition) is 3. The number of carbonyl (C=O) groups is 1. The first-order valence-electron chi connectivity index (χ1n) is 6.93. The Hall–Kier alpha value is -2.79. The fourth-order valence-corrected chi connectivity index (χ4v) is 2.28. The predicted molar refractivity (Wildman–Crippen MR) is 86.5 cm³/mol. The van der Waals surface area contributed by atoms with Gasteiger partial charge in [-0.15, -0.1) is 0 Å². The summed E-state index contributed by atoms with van der Waals surface area (Å²) in [5, 5.41) is 0.332. The van der Waals surface area contributed by atoms with Crippen LogP contribution in [0.1, 0.15) is 10.4 Å². The summed E-state index contributed by atoms with van der Waals surface area (Å²) < 4.78 is 32.9. The molecule has 120 valence electrons. The van der Waals surface area contributed by atoms with E-state index in [-0.39, 0.29) is 22.7 Å². The molecule has 2 aromatic carbocycles. The number of pyridine rings is 1. The molecule has 3 rings (SSSR count). The summed E-state index contributed by atoms with van der Waals surface area (Å²) in [6.45, 7) is 0. The van der Waals surface area contributed by atoms with Gasteiger partial charge in [0.2, 0.25) is 5.88 Å². The molecule has 3 nitrogen and oxygen atoms in total. The van der Waals surface area contributed by atoms with Crippen molar-refractivity contribution in [1.82, 2.24) is 4.98 Å². The van der Waals surface area contributed by atoms with Gasteiger partial charge in [-0.2, -0.15) is 0 Å². The van der Waals surface area contributed by atoms with Crippen molar-refractivity contribution in [3.8, 4) is 22.9 Å². The zero-order valence-corrected chi connectivity index (χ0v) is 12.9. The van der Waals surface area contributed by atoms with E-state index >= 15 is 0 Å². The molecule has 0 unspecified atom stereocenters. The normalized spacial score (nSPS) is 10.5. The fraction of sp³-hybridized carbons (Fsp3) is 0. The first kappa shape index (κ1) is 16.1. The van der Waals surface area contributed by atoms with E-state index in [4.69, 9.17) is 16.3 Å². The summed E-state index contributed by atoms with van der Waals surface area (Å²) in [5.74, 6) is -1.75. The van der Waals surface area contributed by atoms with E-state index in [9.17, 15) is 13.6 Å². The average Bonchev–Trinajstić information content (AvgIpc) is 2.59. The van der Waals surface area contributed by atoms with E-state index in [2.05, 4.69) is 4.98 Å². The number of benzene rings is 2. The minimum atomic E-state index is -1.02. The van der Waals surface area contributed by atoms with Crippen LogP contribution >= 0.6 is 11.6 Å². The third-order valence-corrected chi connectivity index (χ3v) is 3.60. The van der Waals surface area contributed by atoms with E-state index in [1.165, 1.54) is 24.3 Å². The van der Waals surface area contributed by atoms with Crippen LogP contribution in [0.15, 0.2) is 54.6 Å². The van der Waals surface area contributed by atoms with Gasteiger partial charge in [-0.3, -0.25) is 4.79 Å². The second kappa shape index (κ2) is 6.76. The van der Waals surface area contributed by atoms with Crippen LogP contribution in [-0.4, -0.2) is 11.3 Å². The number of aromatic nitrogens is 1. The first-order chi connectivity index (χ1) is 11.6. The number of rotatable bonds is 4. The third-order valence-electron chi connectivity index (χ3n) is 3.29. The zero-order chi connectivity index (χ0) is 17.1. The van der Waals surface area contributed by atoms with Gasteiger partial charge in [0.1, 0.15) is 5.75 Å². The van der Waals surface area contributed by atoms with E-state index in [1.807, 2.05) is 0 Å². The highest BCUT2D eigenvalue weighted by molar-refractivity contribution is 6.32. The van der Waals surface area contributed by atoms with Crippen LogP contribution in [-0.2, 0) is 0 Å². The van der Waals surface area contributed by atoms with E-state index in [0.29, 0.717) is 17.1 Å². The molecule has 1 heterocycles. The van der Waals surface area contributed by atoms with E-state index in [1.54, 1.807) is 24.3 Å². The van der Waals surface area contributed by atoms with Gasteiger partial charge >= 0.3 is 0 Å². The van der Waals surface area contributed by atoms with Gasteiger partial charge in [-0.1, -0.05) is 29.8 Å². The largest absolute Gasteiger partial charge is 0.437 e. The van der Waals surface area contributed by atoms with Crippen LogP contribution in [0.4, 0.5) is 8.78 Å². The number of aldehydes is 1. The number of nitrogens with zero attached hydrogens (tertiary/aromatic N) is 1. The standard InChI is InChI=1S/C18H10ClF2NO2/c19-13-5-1-2-7-16(13)24-18-11(10-23)8-9-15(22-18)12-4-3-6-14(20)17(12)21/h1-10H. The minimum absolute atomic E-state index is 0.0311. The lowest BCUT2D eigenvalue weighted by atomic mass is 10.1. The van der Waals surface area contributed by atoms with Crippen molar-refractivity contribution in [3.63, 3.8) is 0 Å². The Kier molecular flexibility index (Phi) is 4.53. The molecule has 24 heavy (non-hydrogen) atoms. The highest BCUT2D eigenvalue weighted by atomic mass is 35.5. The average molecular weight is 346 g/mol. The number of halogens is 3. The topological polar surface area (TPSA) is 39.2 Å². The Morgan fingerprint density at radius 2 is 1.79 bits per heavy atom. The minimum Gasteiger partial charge on any atom is -0.437 e. The van der Waals surface area contributed by atoms with Crippen molar-refractivity contribution in [1.29, 1.82) is 0 Å². The summed E-state index contributed by atoms with van der Waals surface area (Å²) in [6, 6.07) is 13.3. The molecule has 0 N–H and O–H groups in total. The lowest BCUT2D eigenvalue weighted by Gasteiger charge is -2.10. The number of ether oxygens (including phenoxy) is 1. The molecule has 1 aromatic heterocycles. The molecule has 0 atom stereocenters. The molecular formula is C18H10ClF2NO2. The van der Waals surface area contributed by atoms with Crippen molar-refractivity contribution in [2.24, 2.45) is 0 Å².